The molecule has 2 aromatic rings. The molecule has 0 saturated heterocycles. The van der Waals surface area contributed by atoms with Crippen LogP contribution in [0.2, 0.25) is 0 Å². The maximum atomic E-state index is 12.5. The number of hydrogen-bond donors (Lipinski definition) is 5. The quantitative estimate of drug-likeness (QED) is 0.126. The Morgan fingerprint density at radius 1 is 0.846 bits per heavy atom. The van der Waals surface area contributed by atoms with Crippen LogP contribution in [-0.4, -0.2) is 87.4 Å². The molecule has 3 amide bonds. The number of primary amides is 2. The summed E-state index contributed by atoms with van der Waals surface area (Å²) in [5.41, 5.74) is 15.4. The number of esters is 3. The molecule has 2 aromatic carbocycles. The van der Waals surface area contributed by atoms with E-state index in [4.69, 9.17) is 26.7 Å². The van der Waals surface area contributed by atoms with Crippen LogP contribution in [0.3, 0.4) is 0 Å². The van der Waals surface area contributed by atoms with Crippen LogP contribution in [0.1, 0.15) is 104 Å². The first-order valence-corrected chi connectivity index (χ1v) is 15.8. The van der Waals surface area contributed by atoms with E-state index in [1.54, 1.807) is 53.7 Å². The van der Waals surface area contributed by atoms with Crippen LogP contribution >= 0.6 is 12.4 Å². The molecule has 0 radical (unpaired) electrons. The summed E-state index contributed by atoms with van der Waals surface area (Å²) >= 11 is 0. The lowest BCUT2D eigenvalue weighted by atomic mass is 10.1. The van der Waals surface area contributed by atoms with Crippen molar-refractivity contribution in [3.05, 3.63) is 58.7 Å². The van der Waals surface area contributed by atoms with Crippen molar-refractivity contribution in [3.8, 4) is 11.5 Å². The summed E-state index contributed by atoms with van der Waals surface area (Å²) in [5, 5.41) is 19.1. The number of carbonyl (C=O) groups is 7. The van der Waals surface area contributed by atoms with Gasteiger partial charge >= 0.3 is 17.9 Å². The first-order chi connectivity index (χ1) is 23.5. The van der Waals surface area contributed by atoms with E-state index in [2.05, 4.69) is 4.74 Å². The van der Waals surface area contributed by atoms with Crippen LogP contribution in [0.25, 0.3) is 0 Å². The first kappa shape index (κ1) is 46.8. The Morgan fingerprint density at radius 3 is 1.79 bits per heavy atom. The lowest BCUT2D eigenvalue weighted by Gasteiger charge is -2.25. The summed E-state index contributed by atoms with van der Waals surface area (Å²) in [5.74, 6) is -3.37. The number of rotatable bonds is 11. The zero-order valence-corrected chi connectivity index (χ0v) is 31.1. The summed E-state index contributed by atoms with van der Waals surface area (Å²) in [7, 11) is 1.21. The number of benzene rings is 2. The number of methoxy groups -OCH3 is 1. The number of phenolic OH excluding ortho intramolecular Hbond substituents is 2. The fourth-order valence-corrected chi connectivity index (χ4v) is 4.46. The third-order valence-corrected chi connectivity index (χ3v) is 6.77. The molecular formula is C35H49ClN4O12. The average Bonchev–Trinajstić information content (AvgIpc) is 3.35. The molecule has 3 rings (SSSR count). The normalized spacial score (nSPS) is 12.9. The highest BCUT2D eigenvalue weighted by Crippen LogP contribution is 2.32. The summed E-state index contributed by atoms with van der Waals surface area (Å²) < 4.78 is 14.6. The highest BCUT2D eigenvalue weighted by Gasteiger charge is 2.37. The van der Waals surface area contributed by atoms with Crippen LogP contribution < -0.4 is 17.2 Å². The van der Waals surface area contributed by atoms with E-state index in [9.17, 15) is 43.8 Å². The van der Waals surface area contributed by atoms with Gasteiger partial charge in [-0.2, -0.15) is 0 Å². The fourth-order valence-electron chi connectivity index (χ4n) is 4.46. The number of aldehydes is 1. The van der Waals surface area contributed by atoms with Crippen molar-refractivity contribution < 1.29 is 58.0 Å². The van der Waals surface area contributed by atoms with Gasteiger partial charge in [-0.25, -0.2) is 4.79 Å². The van der Waals surface area contributed by atoms with E-state index in [0.29, 0.717) is 17.4 Å². The predicted octanol–water partition coefficient (Wildman–Crippen LogP) is 2.66. The van der Waals surface area contributed by atoms with Gasteiger partial charge in [0.05, 0.1) is 30.8 Å². The molecule has 0 unspecified atom stereocenters. The number of carbonyl (C=O) groups excluding carboxylic acids is 7. The van der Waals surface area contributed by atoms with Gasteiger partial charge in [0, 0.05) is 24.0 Å². The number of nitrogens with zero attached hydrogens (tertiary/aromatic N) is 1. The molecule has 1 aliphatic heterocycles. The van der Waals surface area contributed by atoms with Gasteiger partial charge in [-0.3, -0.25) is 28.8 Å². The zero-order chi connectivity index (χ0) is 39.3. The van der Waals surface area contributed by atoms with Gasteiger partial charge in [0.25, 0.3) is 5.91 Å². The highest BCUT2D eigenvalue weighted by atomic mass is 35.5. The maximum Gasteiger partial charge on any atom is 0.338 e. The number of phenols is 2. The number of amides is 3. The first-order valence-electron chi connectivity index (χ1n) is 15.8. The smallest absolute Gasteiger partial charge is 0.338 e. The van der Waals surface area contributed by atoms with Crippen molar-refractivity contribution in [1.29, 1.82) is 0 Å². The molecule has 0 aromatic heterocycles. The number of nitrogens with two attached hydrogens (primary N) is 3. The van der Waals surface area contributed by atoms with Crippen LogP contribution in [0.4, 0.5) is 0 Å². The van der Waals surface area contributed by atoms with Crippen LogP contribution in [-0.2, 0) is 39.9 Å². The van der Waals surface area contributed by atoms with Gasteiger partial charge in [-0.1, -0.05) is 12.1 Å². The topological polar surface area (TPSA) is 269 Å². The summed E-state index contributed by atoms with van der Waals surface area (Å²) in [6, 6.07) is 7.13. The van der Waals surface area contributed by atoms with Gasteiger partial charge in [0.2, 0.25) is 11.8 Å². The summed E-state index contributed by atoms with van der Waals surface area (Å²) in [4.78, 5) is 80.6. The molecule has 2 atom stereocenters. The molecule has 17 heteroatoms. The Hall–Kier alpha value is -5.22. The predicted molar refractivity (Wildman–Crippen MR) is 190 cm³/mol. The lowest BCUT2D eigenvalue weighted by molar-refractivity contribution is -0.156. The SMILES string of the molecule is CC(C)(C)OC(=O)CC[C@@H](C(N)=O)N1Cc2c(O)cccc2C1=O.CC(C)(C)OC(=O)CC[C@H](N)C(N)=O.COC(=O)c1cccc(O)c1C=O.Cl. The Morgan fingerprint density at radius 2 is 1.35 bits per heavy atom. The molecule has 1 heterocycles. The second-order valence-electron chi connectivity index (χ2n) is 13.3. The molecule has 52 heavy (non-hydrogen) atoms. The number of hydrogen-bond acceptors (Lipinski definition) is 13. The van der Waals surface area contributed by atoms with E-state index in [1.165, 1.54) is 36.3 Å². The van der Waals surface area contributed by atoms with E-state index in [-0.39, 0.29) is 79.1 Å². The van der Waals surface area contributed by atoms with Gasteiger partial charge in [-0.15, -0.1) is 12.4 Å². The second-order valence-corrected chi connectivity index (χ2v) is 13.3. The van der Waals surface area contributed by atoms with Gasteiger partial charge in [0.1, 0.15) is 28.7 Å². The van der Waals surface area contributed by atoms with Crippen molar-refractivity contribution in [2.75, 3.05) is 7.11 Å². The van der Waals surface area contributed by atoms with E-state index in [0.717, 1.165) is 0 Å². The number of halogens is 1. The van der Waals surface area contributed by atoms with Crippen LogP contribution in [0, 0.1) is 0 Å². The Labute approximate surface area is 308 Å². The largest absolute Gasteiger partial charge is 0.508 e. The minimum Gasteiger partial charge on any atom is -0.508 e. The summed E-state index contributed by atoms with van der Waals surface area (Å²) in [6.45, 7) is 10.7. The molecular weight excluding hydrogens is 704 g/mol. The molecule has 0 bridgehead atoms. The number of ether oxygens (including phenoxy) is 3. The lowest BCUT2D eigenvalue weighted by Crippen LogP contribution is -2.45. The average molecular weight is 753 g/mol. The van der Waals surface area contributed by atoms with Crippen molar-refractivity contribution in [2.24, 2.45) is 17.2 Å². The minimum atomic E-state index is -0.934. The molecule has 288 valence electrons. The Balaban J connectivity index is 0.000000800. The summed E-state index contributed by atoms with van der Waals surface area (Å²) in [6.07, 6.45) is 0.801. The molecule has 0 saturated carbocycles. The number of aromatic hydroxyl groups is 2. The van der Waals surface area contributed by atoms with Crippen LogP contribution in [0.15, 0.2) is 36.4 Å². The van der Waals surface area contributed by atoms with Crippen molar-refractivity contribution in [1.82, 2.24) is 4.90 Å². The van der Waals surface area contributed by atoms with E-state index < -0.39 is 47.0 Å². The Kier molecular flexibility index (Phi) is 18.5. The van der Waals surface area contributed by atoms with Crippen LogP contribution in [0.5, 0.6) is 11.5 Å². The monoisotopic (exact) mass is 752 g/mol. The number of fused-ring (bicyclic) bond motifs is 1. The van der Waals surface area contributed by atoms with Gasteiger partial charge in [0.15, 0.2) is 6.29 Å². The van der Waals surface area contributed by atoms with E-state index >= 15 is 0 Å². The second kappa shape index (κ2) is 20.6. The highest BCUT2D eigenvalue weighted by molar-refractivity contribution is 6.02. The fraction of sp³-hybridized carbons (Fsp3) is 0.457. The minimum absolute atomic E-state index is 0. The van der Waals surface area contributed by atoms with Gasteiger partial charge in [-0.05, 0) is 78.6 Å². The standard InChI is InChI=1S/C17H22N2O5.C9H18N2O3.C9H8O4.ClH/c1-17(2,3)24-14(21)8-7-12(15(18)22)19-9-11-10(16(19)23)5-4-6-13(11)20;1-9(2,3)14-7(12)5-4-6(10)8(11)13;1-13-9(12)6-3-2-4-8(11)7(6)5-10;/h4-6,12,20H,7-9H2,1-3H3,(H2,18,22);6H,4-5,10H2,1-3H3,(H2,11,13);2-5,11H,1H3;1H/t12-;6-;;/m00../s1. The molecule has 0 spiro atoms. The molecule has 1 aliphatic rings. The Bertz CT molecular complexity index is 1600. The van der Waals surface area contributed by atoms with Gasteiger partial charge < -0.3 is 46.5 Å². The molecule has 0 fully saturated rings. The van der Waals surface area contributed by atoms with Crippen molar-refractivity contribution in [2.45, 2.75) is 97.1 Å². The van der Waals surface area contributed by atoms with E-state index in [1.807, 2.05) is 0 Å². The maximum absolute atomic E-state index is 12.5. The molecule has 0 aliphatic carbocycles. The zero-order valence-electron chi connectivity index (χ0n) is 30.3. The third kappa shape index (κ3) is 15.3. The molecule has 16 nitrogen and oxygen atoms in total. The third-order valence-electron chi connectivity index (χ3n) is 6.77. The van der Waals surface area contributed by atoms with Crippen molar-refractivity contribution in [3.63, 3.8) is 0 Å². The molecule has 8 N–H and O–H groups in total. The van der Waals surface area contributed by atoms with Crippen molar-refractivity contribution >= 4 is 54.3 Å².